The lowest BCUT2D eigenvalue weighted by Gasteiger charge is -2.11. The van der Waals surface area contributed by atoms with Gasteiger partial charge in [0.25, 0.3) is 5.89 Å². The maximum atomic E-state index is 12.2. The molecule has 5 rings (SSSR count). The van der Waals surface area contributed by atoms with Crippen molar-refractivity contribution >= 4 is 28.5 Å². The molecular formula is C26H26ClN3O4. The first-order valence-corrected chi connectivity index (χ1v) is 11.8. The third kappa shape index (κ3) is 4.05. The summed E-state index contributed by atoms with van der Waals surface area (Å²) in [6, 6.07) is 11.5. The number of aromatic nitrogens is 3. The summed E-state index contributed by atoms with van der Waals surface area (Å²) in [5, 5.41) is 5.82. The van der Waals surface area contributed by atoms with Crippen molar-refractivity contribution in [2.45, 2.75) is 39.2 Å². The Labute approximate surface area is 202 Å². The monoisotopic (exact) mass is 479 g/mol. The number of carbonyl (C=O) groups is 1. The molecule has 8 heteroatoms. The van der Waals surface area contributed by atoms with Crippen LogP contribution in [0.25, 0.3) is 33.7 Å². The summed E-state index contributed by atoms with van der Waals surface area (Å²) >= 11 is 6.39. The Morgan fingerprint density at radius 1 is 1.29 bits per heavy atom. The predicted molar refractivity (Wildman–Crippen MR) is 130 cm³/mol. The van der Waals surface area contributed by atoms with E-state index in [1.807, 2.05) is 46.0 Å². The minimum atomic E-state index is -0.119. The van der Waals surface area contributed by atoms with E-state index in [4.69, 9.17) is 25.6 Å². The highest BCUT2D eigenvalue weighted by Gasteiger charge is 2.46. The van der Waals surface area contributed by atoms with Crippen molar-refractivity contribution in [3.05, 3.63) is 53.2 Å². The third-order valence-electron chi connectivity index (χ3n) is 6.02. The van der Waals surface area contributed by atoms with Gasteiger partial charge in [0.2, 0.25) is 5.82 Å². The standard InChI is InChI=1S/C26H26ClN3O4/c1-5-32-26(31)19-12-18(19)20-13-30(4)23-16(20)7-6-8-17(23)24-28-25(34-29-24)15-9-10-22(21(27)11-15)33-14(2)3/h6-11,13-14,18-19H,5,12H2,1-4H3/t18?,19-/m1/s1. The average molecular weight is 480 g/mol. The molecule has 34 heavy (non-hydrogen) atoms. The van der Waals surface area contributed by atoms with Gasteiger partial charge in [-0.05, 0) is 57.0 Å². The molecule has 2 atom stereocenters. The number of nitrogens with zero attached hydrogens (tertiary/aromatic N) is 3. The first-order chi connectivity index (χ1) is 16.4. The van der Waals surface area contributed by atoms with Crippen molar-refractivity contribution in [3.8, 4) is 28.6 Å². The van der Waals surface area contributed by atoms with Crippen LogP contribution in [-0.2, 0) is 16.6 Å². The smallest absolute Gasteiger partial charge is 0.309 e. The third-order valence-corrected chi connectivity index (χ3v) is 6.32. The molecule has 1 aliphatic rings. The number of hydrogen-bond acceptors (Lipinski definition) is 6. The number of aryl methyl sites for hydroxylation is 1. The minimum Gasteiger partial charge on any atom is -0.489 e. The van der Waals surface area contributed by atoms with Crippen LogP contribution >= 0.6 is 11.6 Å². The van der Waals surface area contributed by atoms with E-state index in [2.05, 4.69) is 27.0 Å². The molecule has 1 saturated carbocycles. The Hall–Kier alpha value is -3.32. The lowest BCUT2D eigenvalue weighted by Crippen LogP contribution is -2.07. The molecule has 1 fully saturated rings. The molecule has 2 aromatic carbocycles. The Bertz CT molecular complexity index is 1370. The molecule has 0 aliphatic heterocycles. The highest BCUT2D eigenvalue weighted by molar-refractivity contribution is 6.32. The van der Waals surface area contributed by atoms with Crippen LogP contribution in [0.15, 0.2) is 47.1 Å². The van der Waals surface area contributed by atoms with E-state index in [1.165, 1.54) is 0 Å². The zero-order valence-electron chi connectivity index (χ0n) is 19.5. The maximum absolute atomic E-state index is 12.2. The zero-order chi connectivity index (χ0) is 24.0. The summed E-state index contributed by atoms with van der Waals surface area (Å²) in [6.45, 7) is 6.13. The largest absolute Gasteiger partial charge is 0.489 e. The highest BCUT2D eigenvalue weighted by Crippen LogP contribution is 2.51. The zero-order valence-corrected chi connectivity index (χ0v) is 20.3. The molecule has 0 bridgehead atoms. The number of rotatable bonds is 7. The fourth-order valence-electron chi connectivity index (χ4n) is 4.46. The summed E-state index contributed by atoms with van der Waals surface area (Å²) < 4.78 is 18.6. The van der Waals surface area contributed by atoms with Gasteiger partial charge in [0.05, 0.1) is 29.2 Å². The van der Waals surface area contributed by atoms with E-state index in [-0.39, 0.29) is 23.9 Å². The normalized spacial score (nSPS) is 17.4. The summed E-state index contributed by atoms with van der Waals surface area (Å²) in [4.78, 5) is 16.8. The Morgan fingerprint density at radius 3 is 2.85 bits per heavy atom. The molecule has 0 saturated heterocycles. The molecule has 0 spiro atoms. The van der Waals surface area contributed by atoms with Gasteiger partial charge in [0.15, 0.2) is 0 Å². The molecule has 7 nitrogen and oxygen atoms in total. The molecule has 4 aromatic rings. The summed E-state index contributed by atoms with van der Waals surface area (Å²) in [5.41, 5.74) is 3.72. The summed E-state index contributed by atoms with van der Waals surface area (Å²) in [5.74, 6) is 1.47. The SMILES string of the molecule is CCOC(=O)[C@@H]1CC1c1cn(C)c2c(-c3noc(-c4ccc(OC(C)C)c(Cl)c4)n3)cccc12. The van der Waals surface area contributed by atoms with Crippen LogP contribution in [0.4, 0.5) is 0 Å². The fraction of sp³-hybridized carbons (Fsp3) is 0.346. The van der Waals surface area contributed by atoms with Gasteiger partial charge in [-0.3, -0.25) is 4.79 Å². The van der Waals surface area contributed by atoms with Crippen molar-refractivity contribution in [1.82, 2.24) is 14.7 Å². The number of benzene rings is 2. The summed E-state index contributed by atoms with van der Waals surface area (Å²) in [6.07, 6.45) is 2.93. The molecule has 0 amide bonds. The van der Waals surface area contributed by atoms with Crippen molar-refractivity contribution in [2.24, 2.45) is 13.0 Å². The van der Waals surface area contributed by atoms with Crippen molar-refractivity contribution in [2.75, 3.05) is 6.61 Å². The molecule has 0 radical (unpaired) electrons. The van der Waals surface area contributed by atoms with Crippen LogP contribution in [0, 0.1) is 5.92 Å². The maximum Gasteiger partial charge on any atom is 0.309 e. The highest BCUT2D eigenvalue weighted by atomic mass is 35.5. The minimum absolute atomic E-state index is 0.0252. The van der Waals surface area contributed by atoms with Crippen LogP contribution in [-0.4, -0.2) is 33.4 Å². The van der Waals surface area contributed by atoms with Gasteiger partial charge in [-0.25, -0.2) is 0 Å². The van der Waals surface area contributed by atoms with Crippen molar-refractivity contribution in [1.29, 1.82) is 0 Å². The second-order valence-corrected chi connectivity index (χ2v) is 9.24. The fourth-order valence-corrected chi connectivity index (χ4v) is 4.68. The Kier molecular flexibility index (Phi) is 5.81. The van der Waals surface area contributed by atoms with Gasteiger partial charge < -0.3 is 18.6 Å². The average Bonchev–Trinajstić information content (AvgIpc) is 3.31. The number of hydrogen-bond donors (Lipinski definition) is 0. The molecule has 1 aliphatic carbocycles. The van der Waals surface area contributed by atoms with Gasteiger partial charge in [0, 0.05) is 35.7 Å². The molecule has 0 N–H and O–H groups in total. The van der Waals surface area contributed by atoms with Gasteiger partial charge >= 0.3 is 5.97 Å². The molecule has 1 unspecified atom stereocenters. The van der Waals surface area contributed by atoms with Crippen LogP contribution in [0.3, 0.4) is 0 Å². The number of halogens is 1. The first-order valence-electron chi connectivity index (χ1n) is 11.4. The van der Waals surface area contributed by atoms with Crippen molar-refractivity contribution < 1.29 is 18.8 Å². The van der Waals surface area contributed by atoms with Gasteiger partial charge in [-0.1, -0.05) is 28.9 Å². The number of para-hydroxylation sites is 1. The lowest BCUT2D eigenvalue weighted by molar-refractivity contribution is -0.144. The predicted octanol–water partition coefficient (Wildman–Crippen LogP) is 6.00. The van der Waals surface area contributed by atoms with E-state index in [0.29, 0.717) is 29.1 Å². The van der Waals surface area contributed by atoms with Crippen LogP contribution in [0.5, 0.6) is 5.75 Å². The summed E-state index contributed by atoms with van der Waals surface area (Å²) in [7, 11) is 1.99. The second-order valence-electron chi connectivity index (χ2n) is 8.83. The van der Waals surface area contributed by atoms with E-state index in [1.54, 1.807) is 12.1 Å². The molecule has 2 heterocycles. The van der Waals surface area contributed by atoms with Gasteiger partial charge in [-0.15, -0.1) is 0 Å². The quantitative estimate of drug-likeness (QED) is 0.302. The molecular weight excluding hydrogens is 454 g/mol. The van der Waals surface area contributed by atoms with E-state index in [0.717, 1.165) is 34.0 Å². The lowest BCUT2D eigenvalue weighted by atomic mass is 10.0. The second kappa shape index (κ2) is 8.80. The Balaban J connectivity index is 1.47. The first kappa shape index (κ1) is 22.5. The van der Waals surface area contributed by atoms with Gasteiger partial charge in [-0.2, -0.15) is 4.98 Å². The van der Waals surface area contributed by atoms with E-state index in [9.17, 15) is 4.79 Å². The van der Waals surface area contributed by atoms with Crippen LogP contribution in [0.1, 0.15) is 38.7 Å². The molecule has 2 aromatic heterocycles. The number of ether oxygens (including phenoxy) is 2. The molecule has 176 valence electrons. The van der Waals surface area contributed by atoms with Crippen LogP contribution in [0.2, 0.25) is 5.02 Å². The van der Waals surface area contributed by atoms with E-state index >= 15 is 0 Å². The topological polar surface area (TPSA) is 79.4 Å². The van der Waals surface area contributed by atoms with Gasteiger partial charge in [0.1, 0.15) is 5.75 Å². The number of carbonyl (C=O) groups excluding carboxylic acids is 1. The number of fused-ring (bicyclic) bond motifs is 1. The van der Waals surface area contributed by atoms with Crippen molar-refractivity contribution in [3.63, 3.8) is 0 Å². The number of esters is 1. The van der Waals surface area contributed by atoms with Crippen LogP contribution < -0.4 is 4.74 Å². The Morgan fingerprint density at radius 2 is 2.12 bits per heavy atom. The van der Waals surface area contributed by atoms with E-state index < -0.39 is 0 Å².